The molecule has 0 saturated heterocycles. The number of hydrazine groups is 1. The second kappa shape index (κ2) is 6.44. The van der Waals surface area contributed by atoms with E-state index in [-0.39, 0.29) is 5.92 Å². The van der Waals surface area contributed by atoms with E-state index in [0.29, 0.717) is 6.42 Å². The van der Waals surface area contributed by atoms with Crippen molar-refractivity contribution in [1.29, 1.82) is 0 Å². The van der Waals surface area contributed by atoms with Crippen molar-refractivity contribution in [2.45, 2.75) is 52.7 Å². The van der Waals surface area contributed by atoms with E-state index in [1.54, 1.807) is 27.7 Å². The molecule has 0 spiro atoms. The molecule has 2 atom stereocenters. The molecule has 0 aromatic heterocycles. The van der Waals surface area contributed by atoms with Gasteiger partial charge in [-0.1, -0.05) is 20.3 Å². The topological polar surface area (TPSA) is 87.7 Å². The molecule has 3 N–H and O–H groups in total. The van der Waals surface area contributed by atoms with Crippen LogP contribution in [0.4, 0.5) is 4.79 Å². The average molecular weight is 246 g/mol. The molecule has 0 aliphatic rings. The molecule has 6 nitrogen and oxygen atoms in total. The lowest BCUT2D eigenvalue weighted by Gasteiger charge is -2.23. The van der Waals surface area contributed by atoms with E-state index in [2.05, 4.69) is 10.9 Å². The van der Waals surface area contributed by atoms with Crippen LogP contribution in [-0.2, 0) is 9.53 Å². The monoisotopic (exact) mass is 246 g/mol. The van der Waals surface area contributed by atoms with Crippen LogP contribution >= 0.6 is 0 Å². The quantitative estimate of drug-likeness (QED) is 0.640. The normalized spacial score (nSPS) is 14.9. The summed E-state index contributed by atoms with van der Waals surface area (Å²) < 4.78 is 4.98. The molecule has 100 valence electrons. The molecule has 0 unspecified atom stereocenters. The fraction of sp³-hybridized carbons (Fsp3) is 0.818. The van der Waals surface area contributed by atoms with Crippen molar-refractivity contribution in [2.24, 2.45) is 5.92 Å². The van der Waals surface area contributed by atoms with Crippen LogP contribution in [0.3, 0.4) is 0 Å². The molecule has 6 heteroatoms. The van der Waals surface area contributed by atoms with E-state index in [0.717, 1.165) is 0 Å². The summed E-state index contributed by atoms with van der Waals surface area (Å²) in [6.45, 7) is 8.88. The highest BCUT2D eigenvalue weighted by molar-refractivity contribution is 5.74. The first-order chi connectivity index (χ1) is 7.67. The number of carboxylic acids is 1. The molecule has 1 amide bonds. The zero-order valence-corrected chi connectivity index (χ0v) is 11.0. The first kappa shape index (κ1) is 15.7. The molecular weight excluding hydrogens is 224 g/mol. The van der Waals surface area contributed by atoms with Gasteiger partial charge in [0, 0.05) is 0 Å². The minimum Gasteiger partial charge on any atom is -0.480 e. The fourth-order valence-corrected chi connectivity index (χ4v) is 1.12. The van der Waals surface area contributed by atoms with Gasteiger partial charge >= 0.3 is 12.1 Å². The van der Waals surface area contributed by atoms with E-state index in [9.17, 15) is 9.59 Å². The van der Waals surface area contributed by atoms with E-state index in [1.807, 2.05) is 6.92 Å². The Bertz CT molecular complexity index is 273. The van der Waals surface area contributed by atoms with Crippen molar-refractivity contribution in [3.05, 3.63) is 0 Å². The van der Waals surface area contributed by atoms with Crippen LogP contribution in [0.25, 0.3) is 0 Å². The minimum absolute atomic E-state index is 0.0950. The van der Waals surface area contributed by atoms with Crippen LogP contribution in [-0.4, -0.2) is 28.8 Å². The Morgan fingerprint density at radius 1 is 1.35 bits per heavy atom. The van der Waals surface area contributed by atoms with Gasteiger partial charge in [-0.15, -0.1) is 0 Å². The number of nitrogens with one attached hydrogen (secondary N) is 2. The molecule has 0 aromatic carbocycles. The highest BCUT2D eigenvalue weighted by Crippen LogP contribution is 2.08. The Hall–Kier alpha value is -1.30. The van der Waals surface area contributed by atoms with Gasteiger partial charge in [-0.05, 0) is 26.7 Å². The number of aliphatic carboxylic acids is 1. The largest absolute Gasteiger partial charge is 0.480 e. The maximum absolute atomic E-state index is 11.3. The summed E-state index contributed by atoms with van der Waals surface area (Å²) in [6.07, 6.45) is 0.00650. The highest BCUT2D eigenvalue weighted by Gasteiger charge is 2.24. The van der Waals surface area contributed by atoms with Crippen LogP contribution in [0.2, 0.25) is 0 Å². The maximum atomic E-state index is 11.3. The highest BCUT2D eigenvalue weighted by atomic mass is 16.6. The molecule has 0 radical (unpaired) electrons. The van der Waals surface area contributed by atoms with Gasteiger partial charge in [0.1, 0.15) is 11.6 Å². The third-order valence-electron chi connectivity index (χ3n) is 2.21. The Morgan fingerprint density at radius 3 is 2.24 bits per heavy atom. The number of ether oxygens (including phenoxy) is 1. The Labute approximate surface area is 102 Å². The number of hydrogen-bond acceptors (Lipinski definition) is 4. The number of hydrogen-bond donors (Lipinski definition) is 3. The molecule has 0 fully saturated rings. The fourth-order valence-electron chi connectivity index (χ4n) is 1.12. The third kappa shape index (κ3) is 6.78. The minimum atomic E-state index is -1.00. The smallest absolute Gasteiger partial charge is 0.422 e. The van der Waals surface area contributed by atoms with Crippen LogP contribution in [0, 0.1) is 5.92 Å². The number of rotatable bonds is 5. The third-order valence-corrected chi connectivity index (χ3v) is 2.21. The van der Waals surface area contributed by atoms with Gasteiger partial charge in [-0.2, -0.15) is 0 Å². The number of amides is 1. The van der Waals surface area contributed by atoms with Crippen LogP contribution in [0.15, 0.2) is 0 Å². The summed E-state index contributed by atoms with van der Waals surface area (Å²) in [5.74, 6) is -1.10. The summed E-state index contributed by atoms with van der Waals surface area (Å²) in [7, 11) is 0. The summed E-state index contributed by atoms with van der Waals surface area (Å²) in [4.78, 5) is 22.3. The zero-order valence-electron chi connectivity index (χ0n) is 11.0. The van der Waals surface area contributed by atoms with Gasteiger partial charge in [0.25, 0.3) is 0 Å². The van der Waals surface area contributed by atoms with E-state index in [1.165, 1.54) is 0 Å². The first-order valence-corrected chi connectivity index (χ1v) is 5.64. The molecule has 0 heterocycles. The molecule has 0 aliphatic heterocycles. The predicted molar refractivity (Wildman–Crippen MR) is 63.4 cm³/mol. The number of carbonyl (C=O) groups is 2. The van der Waals surface area contributed by atoms with Crippen molar-refractivity contribution in [3.8, 4) is 0 Å². The van der Waals surface area contributed by atoms with Gasteiger partial charge in [0.05, 0.1) is 0 Å². The van der Waals surface area contributed by atoms with Gasteiger partial charge < -0.3 is 9.84 Å². The van der Waals surface area contributed by atoms with Crippen molar-refractivity contribution in [2.75, 3.05) is 0 Å². The molecule has 0 aromatic rings. The average Bonchev–Trinajstić information content (AvgIpc) is 2.14. The van der Waals surface area contributed by atoms with E-state index < -0.39 is 23.7 Å². The summed E-state index contributed by atoms with van der Waals surface area (Å²) >= 11 is 0. The van der Waals surface area contributed by atoms with Crippen molar-refractivity contribution in [1.82, 2.24) is 10.9 Å². The Balaban J connectivity index is 4.23. The summed E-state index contributed by atoms with van der Waals surface area (Å²) in [5, 5.41) is 8.97. The first-order valence-electron chi connectivity index (χ1n) is 5.64. The molecule has 0 aliphatic carbocycles. The van der Waals surface area contributed by atoms with E-state index in [4.69, 9.17) is 9.84 Å². The van der Waals surface area contributed by atoms with E-state index >= 15 is 0 Å². The number of carboxylic acid groups (broad SMARTS) is 1. The van der Waals surface area contributed by atoms with Crippen LogP contribution in [0.1, 0.15) is 41.0 Å². The molecule has 0 bridgehead atoms. The van der Waals surface area contributed by atoms with Crippen LogP contribution < -0.4 is 10.9 Å². The maximum Gasteiger partial charge on any atom is 0.422 e. The van der Waals surface area contributed by atoms with Crippen molar-refractivity contribution in [3.63, 3.8) is 0 Å². The van der Waals surface area contributed by atoms with Gasteiger partial charge in [0.15, 0.2) is 0 Å². The second-order valence-electron chi connectivity index (χ2n) is 4.97. The number of carbonyl (C=O) groups excluding carboxylic acids is 1. The van der Waals surface area contributed by atoms with Gasteiger partial charge in [-0.25, -0.2) is 10.2 Å². The predicted octanol–water partition coefficient (Wildman–Crippen LogP) is 1.51. The molecule has 0 rings (SSSR count). The Kier molecular flexibility index (Phi) is 5.95. The van der Waals surface area contributed by atoms with Gasteiger partial charge in [-0.3, -0.25) is 10.2 Å². The lowest BCUT2D eigenvalue weighted by molar-refractivity contribution is -0.141. The Morgan fingerprint density at radius 2 is 1.88 bits per heavy atom. The van der Waals surface area contributed by atoms with Crippen molar-refractivity contribution >= 4 is 12.1 Å². The van der Waals surface area contributed by atoms with Gasteiger partial charge in [0.2, 0.25) is 0 Å². The zero-order chi connectivity index (χ0) is 13.6. The summed E-state index contributed by atoms with van der Waals surface area (Å²) in [5.41, 5.74) is 4.10. The van der Waals surface area contributed by atoms with Crippen molar-refractivity contribution < 1.29 is 19.4 Å². The SMILES string of the molecule is CC[C@H](C)[C@H](NNC(=O)OC(C)(C)C)C(=O)O. The second-order valence-corrected chi connectivity index (χ2v) is 4.97. The molecular formula is C11H22N2O4. The standard InChI is InChI=1S/C11H22N2O4/c1-6-7(2)8(9(14)15)12-13-10(16)17-11(3,4)5/h7-8,12H,6H2,1-5H3,(H,13,16)(H,14,15)/t7-,8-/m0/s1. The van der Waals surface area contributed by atoms with Crippen LogP contribution in [0.5, 0.6) is 0 Å². The summed E-state index contributed by atoms with van der Waals surface area (Å²) in [6, 6.07) is -0.826. The molecule has 0 saturated carbocycles. The lowest BCUT2D eigenvalue weighted by atomic mass is 10.0. The molecule has 17 heavy (non-hydrogen) atoms. The lowest BCUT2D eigenvalue weighted by Crippen LogP contribution is -2.52.